The summed E-state index contributed by atoms with van der Waals surface area (Å²) in [4.78, 5) is 27.0. The number of rotatable bonds is 8. The number of hydrogen-bond acceptors (Lipinski definition) is 5. The van der Waals surface area contributed by atoms with E-state index in [9.17, 15) is 22.8 Å². The average Bonchev–Trinajstić information content (AvgIpc) is 3.28. The zero-order chi connectivity index (χ0) is 25.8. The number of carboxylic acid groups (broad SMARTS) is 1. The first-order valence-electron chi connectivity index (χ1n) is 10.8. The second-order valence-electron chi connectivity index (χ2n) is 9.04. The number of aromatic nitrogens is 3. The molecule has 35 heavy (non-hydrogen) atoms. The summed E-state index contributed by atoms with van der Waals surface area (Å²) >= 11 is 0. The maximum Gasteiger partial charge on any atom is 0.419 e. The molecule has 2 aromatic heterocycles. The van der Waals surface area contributed by atoms with Crippen molar-refractivity contribution in [1.29, 1.82) is 0 Å². The molecule has 11 heteroatoms. The molecule has 0 spiro atoms. The third-order valence-corrected chi connectivity index (χ3v) is 5.20. The highest BCUT2D eigenvalue weighted by atomic mass is 19.4. The van der Waals surface area contributed by atoms with E-state index in [0.717, 1.165) is 22.6 Å². The number of carbonyl (C=O) groups is 2. The summed E-state index contributed by atoms with van der Waals surface area (Å²) in [6.07, 6.45) is -1.48. The Hall–Kier alpha value is -3.89. The summed E-state index contributed by atoms with van der Waals surface area (Å²) in [5.74, 6) is -1.10. The van der Waals surface area contributed by atoms with Gasteiger partial charge in [0, 0.05) is 18.3 Å². The number of carbonyl (C=O) groups excluding carboxylic acids is 1. The molecule has 186 valence electrons. The van der Waals surface area contributed by atoms with Crippen LogP contribution in [0.5, 0.6) is 0 Å². The fourth-order valence-electron chi connectivity index (χ4n) is 3.38. The molecule has 1 unspecified atom stereocenters. The smallest absolute Gasteiger partial charge is 0.419 e. The van der Waals surface area contributed by atoms with Crippen LogP contribution in [0.25, 0.3) is 5.82 Å². The van der Waals surface area contributed by atoms with Gasteiger partial charge in [0.15, 0.2) is 5.82 Å². The van der Waals surface area contributed by atoms with Crippen molar-refractivity contribution < 1.29 is 27.9 Å². The van der Waals surface area contributed by atoms with Crippen LogP contribution in [0.1, 0.15) is 54.7 Å². The maximum atomic E-state index is 12.8. The maximum absolute atomic E-state index is 12.8. The number of halogens is 3. The molecule has 1 aromatic carbocycles. The van der Waals surface area contributed by atoms with Gasteiger partial charge < -0.3 is 15.7 Å². The minimum absolute atomic E-state index is 0.0428. The van der Waals surface area contributed by atoms with E-state index in [2.05, 4.69) is 20.7 Å². The van der Waals surface area contributed by atoms with Crippen LogP contribution in [-0.4, -0.2) is 38.3 Å². The Morgan fingerprint density at radius 1 is 1.06 bits per heavy atom. The molecule has 0 radical (unpaired) electrons. The fourth-order valence-corrected chi connectivity index (χ4v) is 3.38. The lowest BCUT2D eigenvalue weighted by molar-refractivity contribution is -0.138. The first-order chi connectivity index (χ1) is 16.3. The fraction of sp³-hybridized carbons (Fsp3) is 0.333. The lowest BCUT2D eigenvalue weighted by Gasteiger charge is -2.33. The predicted molar refractivity (Wildman–Crippen MR) is 123 cm³/mol. The molecular formula is C24H26F3N5O3. The molecule has 0 saturated carbocycles. The van der Waals surface area contributed by atoms with E-state index in [4.69, 9.17) is 5.11 Å². The van der Waals surface area contributed by atoms with Gasteiger partial charge in [-0.2, -0.15) is 18.3 Å². The van der Waals surface area contributed by atoms with Crippen LogP contribution >= 0.6 is 0 Å². The quantitative estimate of drug-likeness (QED) is 0.424. The van der Waals surface area contributed by atoms with Crippen LogP contribution in [0.2, 0.25) is 0 Å². The molecule has 0 aliphatic heterocycles. The van der Waals surface area contributed by atoms with Gasteiger partial charge in [-0.05, 0) is 35.2 Å². The van der Waals surface area contributed by atoms with E-state index in [-0.39, 0.29) is 36.1 Å². The molecule has 0 aliphatic carbocycles. The number of carboxylic acids is 1. The minimum Gasteiger partial charge on any atom is -0.481 e. The Morgan fingerprint density at radius 3 is 2.26 bits per heavy atom. The SMILES string of the molecule is CC(C)(C)C(Nc1ccc(-n2cc(C(F)(F)F)cn2)nc1)c1ccc(C(=O)NCCC(=O)O)cc1. The molecule has 0 saturated heterocycles. The summed E-state index contributed by atoms with van der Waals surface area (Å²) in [6, 6.07) is 10.1. The molecule has 8 nitrogen and oxygen atoms in total. The Balaban J connectivity index is 1.73. The minimum atomic E-state index is -4.48. The number of nitrogens with one attached hydrogen (secondary N) is 2. The van der Waals surface area contributed by atoms with Crippen LogP contribution in [0, 0.1) is 5.41 Å². The zero-order valence-electron chi connectivity index (χ0n) is 19.4. The highest BCUT2D eigenvalue weighted by molar-refractivity contribution is 5.94. The van der Waals surface area contributed by atoms with Crippen LogP contribution in [0.4, 0.5) is 18.9 Å². The van der Waals surface area contributed by atoms with Gasteiger partial charge in [0.2, 0.25) is 0 Å². The second-order valence-corrected chi connectivity index (χ2v) is 9.04. The third kappa shape index (κ3) is 6.81. The van der Waals surface area contributed by atoms with Gasteiger partial charge >= 0.3 is 12.1 Å². The predicted octanol–water partition coefficient (Wildman–Crippen LogP) is 4.69. The number of benzene rings is 1. The van der Waals surface area contributed by atoms with Crippen molar-refractivity contribution in [3.63, 3.8) is 0 Å². The van der Waals surface area contributed by atoms with Gasteiger partial charge in [-0.3, -0.25) is 9.59 Å². The van der Waals surface area contributed by atoms with Gasteiger partial charge in [-0.1, -0.05) is 32.9 Å². The van der Waals surface area contributed by atoms with Crippen LogP contribution < -0.4 is 10.6 Å². The molecule has 0 aliphatic rings. The number of aliphatic carboxylic acids is 1. The van der Waals surface area contributed by atoms with Crippen molar-refractivity contribution in [3.05, 3.63) is 71.7 Å². The Bertz CT molecular complexity index is 1170. The molecule has 1 atom stereocenters. The van der Waals surface area contributed by atoms with Crippen molar-refractivity contribution in [2.24, 2.45) is 5.41 Å². The summed E-state index contributed by atoms with van der Waals surface area (Å²) < 4.78 is 39.5. The second kappa shape index (κ2) is 10.2. The molecule has 2 heterocycles. The molecular weight excluding hydrogens is 463 g/mol. The number of nitrogens with zero attached hydrogens (tertiary/aromatic N) is 3. The van der Waals surface area contributed by atoms with E-state index < -0.39 is 17.7 Å². The van der Waals surface area contributed by atoms with E-state index >= 15 is 0 Å². The average molecular weight is 489 g/mol. The summed E-state index contributed by atoms with van der Waals surface area (Å²) in [5.41, 5.74) is 0.884. The molecule has 1 amide bonds. The topological polar surface area (TPSA) is 109 Å². The highest BCUT2D eigenvalue weighted by Crippen LogP contribution is 2.36. The lowest BCUT2D eigenvalue weighted by atomic mass is 9.82. The van der Waals surface area contributed by atoms with Gasteiger partial charge in [-0.15, -0.1) is 0 Å². The molecule has 3 rings (SSSR count). The number of pyridine rings is 1. The normalized spacial score (nSPS) is 12.7. The number of amides is 1. The first kappa shape index (κ1) is 25.7. The number of anilines is 1. The van der Waals surface area contributed by atoms with Crippen LogP contribution in [0.3, 0.4) is 0 Å². The first-order valence-corrected chi connectivity index (χ1v) is 10.8. The van der Waals surface area contributed by atoms with E-state index in [1.807, 2.05) is 32.9 Å². The number of hydrogen-bond donors (Lipinski definition) is 3. The third-order valence-electron chi connectivity index (χ3n) is 5.20. The van der Waals surface area contributed by atoms with E-state index in [1.165, 1.54) is 6.20 Å². The van der Waals surface area contributed by atoms with Crippen molar-refractivity contribution in [2.45, 2.75) is 39.4 Å². The van der Waals surface area contributed by atoms with Crippen molar-refractivity contribution in [3.8, 4) is 5.82 Å². The van der Waals surface area contributed by atoms with Gasteiger partial charge in [0.1, 0.15) is 0 Å². The van der Waals surface area contributed by atoms with Gasteiger partial charge in [0.25, 0.3) is 5.91 Å². The summed E-state index contributed by atoms with van der Waals surface area (Å²) in [5, 5.41) is 18.4. The standard InChI is InChI=1S/C24H26F3N5O3/c1-23(2,3)21(15-4-6-16(7-5-15)22(35)28-11-10-20(33)34)31-18-8-9-19(29-13-18)32-14-17(12-30-32)24(25,26)27/h4-9,12-14,21,31H,10-11H2,1-3H3,(H,28,35)(H,33,34). The van der Waals surface area contributed by atoms with E-state index in [0.29, 0.717) is 11.3 Å². The zero-order valence-corrected chi connectivity index (χ0v) is 19.4. The van der Waals surface area contributed by atoms with Crippen molar-refractivity contribution >= 4 is 17.6 Å². The highest BCUT2D eigenvalue weighted by Gasteiger charge is 2.32. The van der Waals surface area contributed by atoms with Crippen molar-refractivity contribution in [2.75, 3.05) is 11.9 Å². The van der Waals surface area contributed by atoms with E-state index in [1.54, 1.807) is 24.3 Å². The Labute approximate surface area is 200 Å². The van der Waals surface area contributed by atoms with Gasteiger partial charge in [-0.25, -0.2) is 9.67 Å². The monoisotopic (exact) mass is 489 g/mol. The summed E-state index contributed by atoms with van der Waals surface area (Å²) in [7, 11) is 0. The Morgan fingerprint density at radius 2 is 1.74 bits per heavy atom. The van der Waals surface area contributed by atoms with Crippen LogP contribution in [-0.2, 0) is 11.0 Å². The molecule has 3 aromatic rings. The Kier molecular flexibility index (Phi) is 7.47. The lowest BCUT2D eigenvalue weighted by Crippen LogP contribution is -2.27. The molecule has 0 fully saturated rings. The molecule has 0 bridgehead atoms. The summed E-state index contributed by atoms with van der Waals surface area (Å²) in [6.45, 7) is 6.17. The largest absolute Gasteiger partial charge is 0.481 e. The van der Waals surface area contributed by atoms with Crippen molar-refractivity contribution in [1.82, 2.24) is 20.1 Å². The van der Waals surface area contributed by atoms with Gasteiger partial charge in [0.05, 0.1) is 36.1 Å². The molecule has 3 N–H and O–H groups in total. The number of alkyl halides is 3. The van der Waals surface area contributed by atoms with Crippen LogP contribution in [0.15, 0.2) is 55.0 Å².